The topological polar surface area (TPSA) is 116 Å². The Morgan fingerprint density at radius 3 is 2.38 bits per heavy atom. The van der Waals surface area contributed by atoms with Gasteiger partial charge in [-0.2, -0.15) is 5.10 Å². The molecule has 236 valence electrons. The molecule has 45 heavy (non-hydrogen) atoms. The highest BCUT2D eigenvalue weighted by atomic mass is 79.9. The number of hydrogen-bond donors (Lipinski definition) is 2. The van der Waals surface area contributed by atoms with Crippen LogP contribution in [0.1, 0.15) is 31.8 Å². The maximum atomic E-state index is 13.1. The molecule has 3 aromatic carbocycles. The van der Waals surface area contributed by atoms with Crippen molar-refractivity contribution in [3.05, 3.63) is 93.5 Å². The number of hydrogen-bond acceptors (Lipinski definition) is 8. The summed E-state index contributed by atoms with van der Waals surface area (Å²) in [4.78, 5) is 45.1. The predicted molar refractivity (Wildman–Crippen MR) is 176 cm³/mol. The van der Waals surface area contributed by atoms with Crippen molar-refractivity contribution in [2.75, 3.05) is 71.5 Å². The van der Waals surface area contributed by atoms with Gasteiger partial charge in [0, 0.05) is 55.8 Å². The van der Waals surface area contributed by atoms with Crippen molar-refractivity contribution >= 4 is 45.6 Å². The van der Waals surface area contributed by atoms with Gasteiger partial charge in [-0.25, -0.2) is 5.43 Å². The van der Waals surface area contributed by atoms with E-state index in [9.17, 15) is 14.4 Å². The molecule has 3 amide bonds. The van der Waals surface area contributed by atoms with E-state index in [1.807, 2.05) is 35.2 Å². The first-order valence-electron chi connectivity index (χ1n) is 14.9. The molecule has 5 rings (SSSR count). The van der Waals surface area contributed by atoms with Crippen LogP contribution in [0.5, 0.6) is 5.75 Å². The Kier molecular flexibility index (Phi) is 11.3. The minimum atomic E-state index is -0.466. The van der Waals surface area contributed by atoms with Crippen molar-refractivity contribution in [1.29, 1.82) is 0 Å². The molecule has 0 saturated carbocycles. The second-order valence-electron chi connectivity index (χ2n) is 10.9. The Hall–Kier alpha value is -4.10. The summed E-state index contributed by atoms with van der Waals surface area (Å²) in [6.07, 6.45) is 1.52. The lowest BCUT2D eigenvalue weighted by atomic mass is 10.1. The lowest BCUT2D eigenvalue weighted by Crippen LogP contribution is -2.51. The Morgan fingerprint density at radius 1 is 0.911 bits per heavy atom. The monoisotopic (exact) mass is 676 g/mol. The first-order chi connectivity index (χ1) is 21.9. The molecule has 2 aliphatic rings. The van der Waals surface area contributed by atoms with E-state index in [1.165, 1.54) is 6.21 Å². The largest absolute Gasteiger partial charge is 0.497 e. The number of piperazine rings is 1. The van der Waals surface area contributed by atoms with Crippen LogP contribution in [-0.2, 0) is 16.1 Å². The molecule has 2 heterocycles. The summed E-state index contributed by atoms with van der Waals surface area (Å²) in [6.45, 7) is 7.22. The highest BCUT2D eigenvalue weighted by molar-refractivity contribution is 9.10. The average molecular weight is 678 g/mol. The maximum absolute atomic E-state index is 13.1. The lowest BCUT2D eigenvalue weighted by Gasteiger charge is -2.36. The molecule has 11 nitrogen and oxygen atoms in total. The number of carbonyl (C=O) groups is 3. The SMILES string of the molecule is COc1cccc(/C=N/NC(=O)c2cc(Br)ccc2NC(=O)c2ccc(CN3CCN(CC(=O)N4CCOCC4)CC3)cc2)c1. The van der Waals surface area contributed by atoms with Crippen LogP contribution in [0.15, 0.2) is 76.3 Å². The lowest BCUT2D eigenvalue weighted by molar-refractivity contribution is -0.136. The highest BCUT2D eigenvalue weighted by Crippen LogP contribution is 2.22. The predicted octanol–water partition coefficient (Wildman–Crippen LogP) is 3.45. The van der Waals surface area contributed by atoms with Crippen LogP contribution in [0.25, 0.3) is 0 Å². The molecular weight excluding hydrogens is 640 g/mol. The molecule has 12 heteroatoms. The number of carbonyl (C=O) groups excluding carboxylic acids is 3. The second kappa shape index (κ2) is 15.8. The highest BCUT2D eigenvalue weighted by Gasteiger charge is 2.23. The van der Waals surface area contributed by atoms with Gasteiger partial charge in [-0.1, -0.05) is 40.2 Å². The van der Waals surface area contributed by atoms with Crippen LogP contribution in [0.4, 0.5) is 5.69 Å². The molecule has 0 radical (unpaired) electrons. The van der Waals surface area contributed by atoms with Crippen molar-refractivity contribution in [3.8, 4) is 5.75 Å². The fourth-order valence-corrected chi connectivity index (χ4v) is 5.55. The number of amides is 3. The van der Waals surface area contributed by atoms with Crippen molar-refractivity contribution in [3.63, 3.8) is 0 Å². The number of nitrogens with zero attached hydrogens (tertiary/aromatic N) is 4. The van der Waals surface area contributed by atoms with Crippen LogP contribution in [0, 0.1) is 0 Å². The minimum absolute atomic E-state index is 0.175. The number of anilines is 1. The van der Waals surface area contributed by atoms with Gasteiger partial charge >= 0.3 is 0 Å². The summed E-state index contributed by atoms with van der Waals surface area (Å²) in [7, 11) is 1.58. The van der Waals surface area contributed by atoms with Crippen molar-refractivity contribution in [1.82, 2.24) is 20.1 Å². The molecule has 3 aromatic rings. The second-order valence-corrected chi connectivity index (χ2v) is 11.8. The van der Waals surface area contributed by atoms with Crippen LogP contribution < -0.4 is 15.5 Å². The first-order valence-corrected chi connectivity index (χ1v) is 15.6. The quantitative estimate of drug-likeness (QED) is 0.250. The van der Waals surface area contributed by atoms with Gasteiger partial charge in [0.05, 0.1) is 44.3 Å². The smallest absolute Gasteiger partial charge is 0.273 e. The summed E-state index contributed by atoms with van der Waals surface area (Å²) in [5.41, 5.74) is 5.50. The van der Waals surface area contributed by atoms with E-state index < -0.39 is 5.91 Å². The van der Waals surface area contributed by atoms with Gasteiger partial charge in [0.25, 0.3) is 11.8 Å². The van der Waals surface area contributed by atoms with Gasteiger partial charge < -0.3 is 19.7 Å². The molecule has 2 aliphatic heterocycles. The van der Waals surface area contributed by atoms with E-state index in [0.717, 1.165) is 43.9 Å². The van der Waals surface area contributed by atoms with Gasteiger partial charge in [-0.15, -0.1) is 0 Å². The van der Waals surface area contributed by atoms with E-state index in [4.69, 9.17) is 9.47 Å². The number of morpholine rings is 1. The average Bonchev–Trinajstić information content (AvgIpc) is 3.07. The number of benzene rings is 3. The van der Waals surface area contributed by atoms with Crippen molar-refractivity contribution in [2.24, 2.45) is 5.10 Å². The Bertz CT molecular complexity index is 1520. The molecule has 0 bridgehead atoms. The Balaban J connectivity index is 1.12. The Labute approximate surface area is 271 Å². The van der Waals surface area contributed by atoms with Crippen molar-refractivity contribution < 1.29 is 23.9 Å². The maximum Gasteiger partial charge on any atom is 0.273 e. The summed E-state index contributed by atoms with van der Waals surface area (Å²) < 4.78 is 11.2. The molecule has 0 aromatic heterocycles. The van der Waals surface area contributed by atoms with Gasteiger partial charge in [-0.3, -0.25) is 24.2 Å². The summed E-state index contributed by atoms with van der Waals surface area (Å²) >= 11 is 3.40. The number of hydrazone groups is 1. The van der Waals surface area contributed by atoms with E-state index >= 15 is 0 Å². The molecule has 2 fully saturated rings. The number of ether oxygens (including phenoxy) is 2. The van der Waals surface area contributed by atoms with Gasteiger partial charge in [0.15, 0.2) is 0 Å². The number of rotatable bonds is 10. The van der Waals surface area contributed by atoms with Crippen LogP contribution in [-0.4, -0.2) is 105 Å². The molecule has 0 aliphatic carbocycles. The standard InChI is InChI=1S/C33H37BrN6O5/c1-44-28-4-2-3-25(19-28)21-35-37-33(43)29-20-27(34)9-10-30(29)36-32(42)26-7-5-24(6-8-26)22-38-11-13-39(14-12-38)23-31(41)40-15-17-45-18-16-40/h2-10,19-21H,11-18,22-23H2,1H3,(H,36,42)(H,37,43)/b35-21+. The molecule has 2 saturated heterocycles. The molecule has 0 spiro atoms. The van der Waals surface area contributed by atoms with Gasteiger partial charge in [-0.05, 0) is 53.6 Å². The molecule has 0 unspecified atom stereocenters. The fourth-order valence-electron chi connectivity index (χ4n) is 5.18. The third-order valence-corrected chi connectivity index (χ3v) is 8.25. The van der Waals surface area contributed by atoms with E-state index in [-0.39, 0.29) is 17.4 Å². The summed E-state index contributed by atoms with van der Waals surface area (Å²) in [5, 5.41) is 6.92. The molecular formula is C33H37BrN6O5. The zero-order valence-electron chi connectivity index (χ0n) is 25.2. The van der Waals surface area contributed by atoms with E-state index in [1.54, 1.807) is 43.5 Å². The summed E-state index contributed by atoms with van der Waals surface area (Å²) in [6, 6.07) is 19.8. The minimum Gasteiger partial charge on any atom is -0.497 e. The van der Waals surface area contributed by atoms with Crippen LogP contribution >= 0.6 is 15.9 Å². The Morgan fingerprint density at radius 2 is 1.64 bits per heavy atom. The third kappa shape index (κ3) is 9.21. The van der Waals surface area contributed by atoms with Crippen molar-refractivity contribution in [2.45, 2.75) is 6.54 Å². The summed E-state index contributed by atoms with van der Waals surface area (Å²) in [5.74, 6) is 0.0694. The fraction of sp³-hybridized carbons (Fsp3) is 0.333. The first kappa shape index (κ1) is 32.3. The third-order valence-electron chi connectivity index (χ3n) is 7.76. The van der Waals surface area contributed by atoms with Gasteiger partial charge in [0.2, 0.25) is 5.91 Å². The normalized spacial score (nSPS) is 16.0. The number of halogens is 1. The molecule has 2 N–H and O–H groups in total. The van der Waals surface area contributed by atoms with E-state index in [0.29, 0.717) is 54.3 Å². The van der Waals surface area contributed by atoms with Crippen LogP contribution in [0.2, 0.25) is 0 Å². The number of nitrogens with one attached hydrogen (secondary N) is 2. The van der Waals surface area contributed by atoms with Crippen LogP contribution in [0.3, 0.4) is 0 Å². The van der Waals surface area contributed by atoms with Gasteiger partial charge in [0.1, 0.15) is 5.75 Å². The number of methoxy groups -OCH3 is 1. The van der Waals surface area contributed by atoms with E-state index in [2.05, 4.69) is 41.6 Å². The molecule has 0 atom stereocenters. The zero-order valence-corrected chi connectivity index (χ0v) is 26.8. The zero-order chi connectivity index (χ0) is 31.6.